The summed E-state index contributed by atoms with van der Waals surface area (Å²) in [6, 6.07) is 72.7. The zero-order chi connectivity index (χ0) is 41.6. The van der Waals surface area contributed by atoms with Crippen LogP contribution in [0.25, 0.3) is 136 Å². The lowest BCUT2D eigenvalue weighted by molar-refractivity contribution is 1.02. The van der Waals surface area contributed by atoms with Gasteiger partial charge in [-0.25, -0.2) is 9.97 Å². The second-order valence-electron chi connectivity index (χ2n) is 16.9. The van der Waals surface area contributed by atoms with E-state index in [-0.39, 0.29) is 0 Å². The van der Waals surface area contributed by atoms with E-state index in [1.54, 1.807) is 11.3 Å². The standard InChI is InChI=1S/C58H33N5S/c1-3-15-34(16-4-1)35-27-29-40-45-33-44-39-20-8-12-24-47(39)63(56(44)53-41-21-9-13-25-48(41)62(55(45)53)50(40)32-35)58-59-54(52-42-22-10-14-26-51(42)64-57(52)60-58)36-28-30-49-43(31-36)38-19-7-11-23-46(38)61(49)37-17-5-2-6-18-37/h1-33H. The van der Waals surface area contributed by atoms with Crippen LogP contribution in [0.2, 0.25) is 0 Å². The van der Waals surface area contributed by atoms with E-state index in [2.05, 4.69) is 214 Å². The fraction of sp³-hybridized carbons (Fsp3) is 0. The Labute approximate surface area is 369 Å². The van der Waals surface area contributed by atoms with Gasteiger partial charge in [0.05, 0.1) is 44.3 Å². The molecule has 15 rings (SSSR count). The van der Waals surface area contributed by atoms with Crippen LogP contribution >= 0.6 is 11.3 Å². The Morgan fingerprint density at radius 3 is 1.77 bits per heavy atom. The number of hydrogen-bond donors (Lipinski definition) is 0. The van der Waals surface area contributed by atoms with Crippen LogP contribution in [0.15, 0.2) is 200 Å². The van der Waals surface area contributed by atoms with Crippen molar-refractivity contribution < 1.29 is 0 Å². The van der Waals surface area contributed by atoms with Crippen molar-refractivity contribution in [2.24, 2.45) is 0 Å². The molecule has 0 amide bonds. The van der Waals surface area contributed by atoms with Gasteiger partial charge in [-0.15, -0.1) is 11.3 Å². The van der Waals surface area contributed by atoms with Crippen molar-refractivity contribution in [3.63, 3.8) is 0 Å². The summed E-state index contributed by atoms with van der Waals surface area (Å²) in [5, 5.41) is 12.0. The van der Waals surface area contributed by atoms with Crippen molar-refractivity contribution >= 4 is 113 Å². The number of aromatic nitrogens is 5. The van der Waals surface area contributed by atoms with Gasteiger partial charge in [0.15, 0.2) is 0 Å². The van der Waals surface area contributed by atoms with E-state index in [9.17, 15) is 0 Å². The van der Waals surface area contributed by atoms with Gasteiger partial charge in [-0.05, 0) is 71.8 Å². The molecular formula is C58H33N5S. The van der Waals surface area contributed by atoms with E-state index in [0.717, 1.165) is 43.7 Å². The van der Waals surface area contributed by atoms with Crippen molar-refractivity contribution in [3.8, 4) is 34.0 Å². The summed E-state index contributed by atoms with van der Waals surface area (Å²) in [6.07, 6.45) is 0. The maximum Gasteiger partial charge on any atom is 0.236 e. The highest BCUT2D eigenvalue weighted by Crippen LogP contribution is 2.48. The molecule has 0 saturated carbocycles. The van der Waals surface area contributed by atoms with Crippen molar-refractivity contribution in [2.75, 3.05) is 0 Å². The Bertz CT molecular complexity index is 4420. The smallest absolute Gasteiger partial charge is 0.236 e. The first kappa shape index (κ1) is 34.3. The van der Waals surface area contributed by atoms with Crippen molar-refractivity contribution in [2.45, 2.75) is 0 Å². The topological polar surface area (TPSA) is 40.0 Å². The molecule has 15 aromatic rings. The van der Waals surface area contributed by atoms with E-state index in [1.807, 2.05) is 0 Å². The van der Waals surface area contributed by atoms with Crippen LogP contribution in [0.5, 0.6) is 0 Å². The molecule has 6 heteroatoms. The largest absolute Gasteiger partial charge is 0.309 e. The SMILES string of the molecule is c1ccc(-c2ccc3c4cc5c6ccccc6n(-c6nc(-c7ccc8c(c7)c7ccccc7n8-c7ccccc7)c7c(n6)sc6ccccc67)c5c5c6ccccc6n(c3c2)c45)cc1. The van der Waals surface area contributed by atoms with Gasteiger partial charge in [-0.1, -0.05) is 140 Å². The first-order chi connectivity index (χ1) is 31.8. The monoisotopic (exact) mass is 831 g/mol. The number of rotatable bonds is 4. The third-order valence-corrected chi connectivity index (χ3v) is 14.7. The molecule has 6 heterocycles. The Balaban J connectivity index is 1.06. The summed E-state index contributed by atoms with van der Waals surface area (Å²) < 4.78 is 8.41. The summed E-state index contributed by atoms with van der Waals surface area (Å²) in [5.41, 5.74) is 13.7. The highest BCUT2D eigenvalue weighted by molar-refractivity contribution is 7.25. The molecule has 296 valence electrons. The molecule has 0 aliphatic carbocycles. The second kappa shape index (κ2) is 12.6. The lowest BCUT2D eigenvalue weighted by Gasteiger charge is -2.12. The van der Waals surface area contributed by atoms with Gasteiger partial charge in [0.2, 0.25) is 5.95 Å². The van der Waals surface area contributed by atoms with E-state index < -0.39 is 0 Å². The molecule has 0 aliphatic heterocycles. The average molecular weight is 832 g/mol. The van der Waals surface area contributed by atoms with Crippen LogP contribution in [0.3, 0.4) is 0 Å². The molecule has 0 bridgehead atoms. The minimum Gasteiger partial charge on any atom is -0.309 e. The quantitative estimate of drug-likeness (QED) is 0.177. The summed E-state index contributed by atoms with van der Waals surface area (Å²) >= 11 is 1.74. The summed E-state index contributed by atoms with van der Waals surface area (Å²) in [6.45, 7) is 0. The lowest BCUT2D eigenvalue weighted by atomic mass is 10.0. The third-order valence-electron chi connectivity index (χ3n) is 13.6. The van der Waals surface area contributed by atoms with Crippen LogP contribution < -0.4 is 0 Å². The molecule has 9 aromatic carbocycles. The fourth-order valence-electron chi connectivity index (χ4n) is 10.9. The normalized spacial score (nSPS) is 12.4. The molecule has 0 spiro atoms. The zero-order valence-corrected chi connectivity index (χ0v) is 35.0. The Morgan fingerprint density at radius 1 is 0.344 bits per heavy atom. The molecule has 0 radical (unpaired) electrons. The minimum absolute atomic E-state index is 0.668. The van der Waals surface area contributed by atoms with E-state index in [1.165, 1.54) is 86.4 Å². The van der Waals surface area contributed by atoms with E-state index in [4.69, 9.17) is 9.97 Å². The Hall–Kier alpha value is -8.32. The van der Waals surface area contributed by atoms with Crippen molar-refractivity contribution in [1.29, 1.82) is 0 Å². The highest BCUT2D eigenvalue weighted by Gasteiger charge is 2.27. The van der Waals surface area contributed by atoms with Crippen LogP contribution in [0.4, 0.5) is 0 Å². The highest BCUT2D eigenvalue weighted by atomic mass is 32.1. The molecule has 6 aromatic heterocycles. The fourth-order valence-corrected chi connectivity index (χ4v) is 12.0. The number of fused-ring (bicyclic) bond motifs is 16. The number of para-hydroxylation sites is 4. The van der Waals surface area contributed by atoms with Gasteiger partial charge in [-0.3, -0.25) is 4.57 Å². The van der Waals surface area contributed by atoms with Crippen LogP contribution in [-0.2, 0) is 0 Å². The first-order valence-corrected chi connectivity index (χ1v) is 22.6. The van der Waals surface area contributed by atoms with Crippen LogP contribution in [-0.4, -0.2) is 23.5 Å². The molecule has 64 heavy (non-hydrogen) atoms. The average Bonchev–Trinajstić information content (AvgIpc) is 4.16. The molecule has 0 saturated heterocycles. The molecule has 5 nitrogen and oxygen atoms in total. The predicted molar refractivity (Wildman–Crippen MR) is 269 cm³/mol. The zero-order valence-electron chi connectivity index (χ0n) is 34.2. The number of nitrogens with zero attached hydrogens (tertiary/aromatic N) is 5. The predicted octanol–water partition coefficient (Wildman–Crippen LogP) is 15.5. The molecule has 0 aliphatic rings. The van der Waals surface area contributed by atoms with Gasteiger partial charge in [0.25, 0.3) is 0 Å². The van der Waals surface area contributed by atoms with Crippen molar-refractivity contribution in [1.82, 2.24) is 23.5 Å². The number of benzene rings is 9. The Morgan fingerprint density at radius 2 is 0.953 bits per heavy atom. The molecule has 0 atom stereocenters. The van der Waals surface area contributed by atoms with Gasteiger partial charge in [0, 0.05) is 69.8 Å². The van der Waals surface area contributed by atoms with Gasteiger partial charge in [0.1, 0.15) is 4.83 Å². The maximum atomic E-state index is 5.75. The van der Waals surface area contributed by atoms with Crippen molar-refractivity contribution in [3.05, 3.63) is 200 Å². The van der Waals surface area contributed by atoms with E-state index in [0.29, 0.717) is 5.95 Å². The molecule has 0 fully saturated rings. The molecule has 0 N–H and O–H groups in total. The molecule has 0 unspecified atom stereocenters. The second-order valence-corrected chi connectivity index (χ2v) is 17.9. The van der Waals surface area contributed by atoms with Crippen LogP contribution in [0.1, 0.15) is 0 Å². The van der Waals surface area contributed by atoms with Crippen LogP contribution in [0, 0.1) is 0 Å². The first-order valence-electron chi connectivity index (χ1n) is 21.7. The van der Waals surface area contributed by atoms with E-state index >= 15 is 0 Å². The minimum atomic E-state index is 0.668. The Kier molecular flexibility index (Phi) is 6.77. The summed E-state index contributed by atoms with van der Waals surface area (Å²) in [7, 11) is 0. The summed E-state index contributed by atoms with van der Waals surface area (Å²) in [4.78, 5) is 12.3. The maximum absolute atomic E-state index is 5.75. The number of thiophene rings is 1. The van der Waals surface area contributed by atoms with Gasteiger partial charge >= 0.3 is 0 Å². The molecular weight excluding hydrogens is 799 g/mol. The van der Waals surface area contributed by atoms with Gasteiger partial charge in [-0.2, -0.15) is 0 Å². The summed E-state index contributed by atoms with van der Waals surface area (Å²) in [5.74, 6) is 0.668. The third kappa shape index (κ3) is 4.51. The lowest BCUT2D eigenvalue weighted by Crippen LogP contribution is -2.03. The number of hydrogen-bond acceptors (Lipinski definition) is 3. The van der Waals surface area contributed by atoms with Gasteiger partial charge < -0.3 is 8.97 Å².